The van der Waals surface area contributed by atoms with E-state index in [0.717, 1.165) is 5.71 Å². The monoisotopic (exact) mass is 419 g/mol. The number of dihydropyridines is 1. The van der Waals surface area contributed by atoms with Crippen LogP contribution in [0.3, 0.4) is 0 Å². The Hall–Kier alpha value is -1.73. The number of halogens is 1. The fourth-order valence-electron chi connectivity index (χ4n) is 2.51. The summed E-state index contributed by atoms with van der Waals surface area (Å²) in [6, 6.07) is 6.87. The number of alkyl halides is 1. The molecule has 0 saturated carbocycles. The largest absolute Gasteiger partial charge is 0.280 e. The zero-order valence-corrected chi connectivity index (χ0v) is 16.6. The van der Waals surface area contributed by atoms with Gasteiger partial charge in [0.25, 0.3) is 11.8 Å². The lowest BCUT2D eigenvalue weighted by Gasteiger charge is -2.22. The Bertz CT molecular complexity index is 789. The maximum atomic E-state index is 12.5. The van der Waals surface area contributed by atoms with Gasteiger partial charge < -0.3 is 0 Å². The molecule has 1 unspecified atom stereocenters. The highest BCUT2D eigenvalue weighted by atomic mass is 79.9. The summed E-state index contributed by atoms with van der Waals surface area (Å²) in [5.41, 5.74) is 2.25. The highest BCUT2D eigenvalue weighted by molar-refractivity contribution is 9.10. The summed E-state index contributed by atoms with van der Waals surface area (Å²) in [7, 11) is 0. The maximum absolute atomic E-state index is 12.5. The van der Waals surface area contributed by atoms with E-state index in [-0.39, 0.29) is 27.9 Å². The zero-order valence-electron chi connectivity index (χ0n) is 14.2. The van der Waals surface area contributed by atoms with Crippen LogP contribution in [0.25, 0.3) is 0 Å². The standard InChI is InChI=1S/C18H18BrN3O2S/c1-18(2,3)25-21-10-15-14(19)8-11(9-20-15)22-16(23)12-6-4-5-7-13(12)17(22)24/h4-8,10,14H,9H2,1-3H3. The van der Waals surface area contributed by atoms with Crippen molar-refractivity contribution in [3.63, 3.8) is 0 Å². The third-order valence-corrected chi connectivity index (χ3v) is 5.13. The van der Waals surface area contributed by atoms with Crippen LogP contribution in [0.15, 0.2) is 45.4 Å². The Morgan fingerprint density at radius 2 is 1.84 bits per heavy atom. The number of allylic oxidation sites excluding steroid dienone is 1. The second-order valence-corrected chi connectivity index (χ2v) is 9.33. The van der Waals surface area contributed by atoms with Gasteiger partial charge in [0, 0.05) is 10.4 Å². The van der Waals surface area contributed by atoms with E-state index in [1.54, 1.807) is 30.5 Å². The van der Waals surface area contributed by atoms with Crippen LogP contribution in [-0.4, -0.2) is 44.8 Å². The van der Waals surface area contributed by atoms with Crippen molar-refractivity contribution in [3.05, 3.63) is 47.2 Å². The molecule has 7 heteroatoms. The molecular formula is C18H18BrN3O2S. The molecule has 5 nitrogen and oxygen atoms in total. The van der Waals surface area contributed by atoms with Gasteiger partial charge in [-0.25, -0.2) is 9.30 Å². The molecule has 1 aromatic carbocycles. The molecule has 2 aliphatic rings. The van der Waals surface area contributed by atoms with E-state index in [2.05, 4.69) is 46.1 Å². The highest BCUT2D eigenvalue weighted by Crippen LogP contribution is 2.29. The average molecular weight is 420 g/mol. The minimum Gasteiger partial charge on any atom is -0.280 e. The number of nitrogens with zero attached hydrogens (tertiary/aromatic N) is 3. The highest BCUT2D eigenvalue weighted by Gasteiger charge is 2.38. The van der Waals surface area contributed by atoms with Gasteiger partial charge in [0.15, 0.2) is 0 Å². The molecule has 1 atom stereocenters. The summed E-state index contributed by atoms with van der Waals surface area (Å²) in [5, 5.41) is 0. The summed E-state index contributed by atoms with van der Waals surface area (Å²) in [5.74, 6) is -0.579. The number of carbonyl (C=O) groups excluding carboxylic acids is 2. The number of carbonyl (C=O) groups is 2. The van der Waals surface area contributed by atoms with Crippen LogP contribution < -0.4 is 0 Å². The molecule has 2 aliphatic heterocycles. The van der Waals surface area contributed by atoms with E-state index < -0.39 is 0 Å². The first-order valence-corrected chi connectivity index (χ1v) is 9.55. The first kappa shape index (κ1) is 18.1. The van der Waals surface area contributed by atoms with Crippen LogP contribution in [0.5, 0.6) is 0 Å². The second-order valence-electron chi connectivity index (χ2n) is 6.73. The van der Waals surface area contributed by atoms with Crippen molar-refractivity contribution in [2.75, 3.05) is 6.54 Å². The molecule has 1 aromatic rings. The third kappa shape index (κ3) is 3.77. The number of amides is 2. The maximum Gasteiger partial charge on any atom is 0.265 e. The van der Waals surface area contributed by atoms with Crippen molar-refractivity contribution in [1.29, 1.82) is 0 Å². The summed E-state index contributed by atoms with van der Waals surface area (Å²) in [6.45, 7) is 6.53. The number of hydrogen-bond donors (Lipinski definition) is 0. The summed E-state index contributed by atoms with van der Waals surface area (Å²) >= 11 is 5.02. The molecule has 0 N–H and O–H groups in total. The Balaban J connectivity index is 1.76. The Kier molecular flexibility index (Phi) is 4.97. The SMILES string of the molecule is CC(C)(C)SN=CC1=NCC(N2C(=O)c3ccccc3C2=O)=CC1Br. The lowest BCUT2D eigenvalue weighted by Crippen LogP contribution is -2.34. The van der Waals surface area contributed by atoms with Gasteiger partial charge in [-0.05, 0) is 50.9 Å². The molecule has 0 spiro atoms. The number of imide groups is 1. The topological polar surface area (TPSA) is 62.1 Å². The van der Waals surface area contributed by atoms with Gasteiger partial charge in [-0.2, -0.15) is 0 Å². The molecule has 0 bridgehead atoms. The molecule has 2 amide bonds. The fraction of sp³-hybridized carbons (Fsp3) is 0.333. The summed E-state index contributed by atoms with van der Waals surface area (Å²) < 4.78 is 4.39. The number of benzene rings is 1. The normalized spacial score (nSPS) is 20.8. The lowest BCUT2D eigenvalue weighted by atomic mass is 10.1. The molecule has 130 valence electrons. The van der Waals surface area contributed by atoms with E-state index in [9.17, 15) is 9.59 Å². The van der Waals surface area contributed by atoms with Gasteiger partial charge in [0.1, 0.15) is 0 Å². The van der Waals surface area contributed by atoms with Crippen LogP contribution in [0, 0.1) is 0 Å². The quantitative estimate of drug-likeness (QED) is 0.323. The Morgan fingerprint density at radius 1 is 1.24 bits per heavy atom. The number of hydrogen-bond acceptors (Lipinski definition) is 5. The molecule has 0 aliphatic carbocycles. The summed E-state index contributed by atoms with van der Waals surface area (Å²) in [6.07, 6.45) is 3.57. The zero-order chi connectivity index (χ0) is 18.2. The van der Waals surface area contributed by atoms with Crippen LogP contribution in [0.4, 0.5) is 0 Å². The predicted octanol–water partition coefficient (Wildman–Crippen LogP) is 3.90. The van der Waals surface area contributed by atoms with Crippen LogP contribution in [-0.2, 0) is 0 Å². The van der Waals surface area contributed by atoms with Crippen molar-refractivity contribution in [1.82, 2.24) is 4.90 Å². The van der Waals surface area contributed by atoms with Gasteiger partial charge in [0.2, 0.25) is 0 Å². The molecule has 25 heavy (non-hydrogen) atoms. The van der Waals surface area contributed by atoms with E-state index in [1.165, 1.54) is 16.8 Å². The van der Waals surface area contributed by atoms with Crippen molar-refractivity contribution in [2.45, 2.75) is 30.3 Å². The lowest BCUT2D eigenvalue weighted by molar-refractivity contribution is 0.0702. The fourth-order valence-corrected chi connectivity index (χ4v) is 3.56. The van der Waals surface area contributed by atoms with E-state index in [0.29, 0.717) is 16.8 Å². The van der Waals surface area contributed by atoms with Gasteiger partial charge in [0.05, 0.1) is 34.4 Å². The third-order valence-electron chi connectivity index (χ3n) is 3.64. The van der Waals surface area contributed by atoms with E-state index in [4.69, 9.17) is 0 Å². The molecular weight excluding hydrogens is 402 g/mol. The van der Waals surface area contributed by atoms with Crippen LogP contribution in [0.1, 0.15) is 41.5 Å². The smallest absolute Gasteiger partial charge is 0.265 e. The van der Waals surface area contributed by atoms with E-state index >= 15 is 0 Å². The van der Waals surface area contributed by atoms with Gasteiger partial charge in [-0.3, -0.25) is 14.6 Å². The first-order valence-electron chi connectivity index (χ1n) is 7.86. The predicted molar refractivity (Wildman–Crippen MR) is 106 cm³/mol. The number of fused-ring (bicyclic) bond motifs is 1. The van der Waals surface area contributed by atoms with E-state index in [1.807, 2.05) is 6.08 Å². The van der Waals surface area contributed by atoms with Crippen LogP contribution in [0.2, 0.25) is 0 Å². The molecule has 0 aromatic heterocycles. The minimum atomic E-state index is -0.290. The van der Waals surface area contributed by atoms with Crippen molar-refractivity contribution < 1.29 is 9.59 Å². The van der Waals surface area contributed by atoms with Crippen molar-refractivity contribution >= 4 is 51.6 Å². The first-order chi connectivity index (χ1) is 11.8. The van der Waals surface area contributed by atoms with Crippen molar-refractivity contribution in [2.24, 2.45) is 9.39 Å². The van der Waals surface area contributed by atoms with Gasteiger partial charge in [-0.1, -0.05) is 28.1 Å². The molecule has 0 fully saturated rings. The second kappa shape index (κ2) is 6.88. The summed E-state index contributed by atoms with van der Waals surface area (Å²) in [4.78, 5) is 30.6. The number of rotatable bonds is 3. The minimum absolute atomic E-state index is 0.0364. The van der Waals surface area contributed by atoms with Crippen molar-refractivity contribution in [3.8, 4) is 0 Å². The molecule has 2 heterocycles. The molecule has 3 rings (SSSR count). The Labute approximate surface area is 159 Å². The number of aliphatic imine (C=N–C) groups is 1. The average Bonchev–Trinajstić information content (AvgIpc) is 2.80. The van der Waals surface area contributed by atoms with Gasteiger partial charge >= 0.3 is 0 Å². The molecule has 0 radical (unpaired) electrons. The Morgan fingerprint density at radius 3 is 2.36 bits per heavy atom. The molecule has 0 saturated heterocycles. The van der Waals surface area contributed by atoms with Gasteiger partial charge in [-0.15, -0.1) is 0 Å². The van der Waals surface area contributed by atoms with Crippen LogP contribution >= 0.6 is 27.9 Å².